The van der Waals surface area contributed by atoms with Crippen molar-refractivity contribution in [1.82, 2.24) is 25.3 Å². The van der Waals surface area contributed by atoms with Gasteiger partial charge >= 0.3 is 0 Å². The number of para-hydroxylation sites is 1. The molecule has 1 amide bonds. The molecule has 3 heterocycles. The van der Waals surface area contributed by atoms with Crippen LogP contribution in [0.5, 0.6) is 0 Å². The molecule has 6 nitrogen and oxygen atoms in total. The number of fused-ring (bicyclic) bond motifs is 1. The number of hydrogen-bond donors (Lipinski definition) is 2. The lowest BCUT2D eigenvalue weighted by atomic mass is 10.1. The molecule has 0 aliphatic carbocycles. The van der Waals surface area contributed by atoms with Crippen LogP contribution in [0.25, 0.3) is 10.9 Å². The summed E-state index contributed by atoms with van der Waals surface area (Å²) in [6.07, 6.45) is 4.62. The Morgan fingerprint density at radius 2 is 2.04 bits per heavy atom. The van der Waals surface area contributed by atoms with Gasteiger partial charge < -0.3 is 9.47 Å². The summed E-state index contributed by atoms with van der Waals surface area (Å²) < 4.78 is 2.24. The maximum Gasteiger partial charge on any atom is 0.241 e. The molecule has 0 spiro atoms. The van der Waals surface area contributed by atoms with Crippen molar-refractivity contribution in [2.45, 2.75) is 31.6 Å². The first kappa shape index (κ1) is 16.8. The average molecular weight is 349 g/mol. The fourth-order valence-corrected chi connectivity index (χ4v) is 3.52. The third kappa shape index (κ3) is 3.47. The molecular weight excluding hydrogens is 326 g/mol. The summed E-state index contributed by atoms with van der Waals surface area (Å²) >= 11 is 0. The molecule has 1 saturated heterocycles. The first-order valence-electron chi connectivity index (χ1n) is 8.90. The second-order valence-corrected chi connectivity index (χ2v) is 6.82. The molecule has 1 aliphatic heterocycles. The monoisotopic (exact) mass is 349 g/mol. The van der Waals surface area contributed by atoms with Gasteiger partial charge in [0.15, 0.2) is 0 Å². The molecule has 2 unspecified atom stereocenters. The highest BCUT2D eigenvalue weighted by atomic mass is 16.2. The lowest BCUT2D eigenvalue weighted by Crippen LogP contribution is -2.44. The van der Waals surface area contributed by atoms with Crippen molar-refractivity contribution < 1.29 is 4.79 Å². The van der Waals surface area contributed by atoms with Crippen LogP contribution < -0.4 is 10.9 Å². The van der Waals surface area contributed by atoms with Gasteiger partial charge in [-0.1, -0.05) is 24.3 Å². The van der Waals surface area contributed by atoms with E-state index in [2.05, 4.69) is 50.9 Å². The van der Waals surface area contributed by atoms with E-state index in [1.54, 1.807) is 11.1 Å². The largest absolute Gasteiger partial charge is 0.346 e. The molecule has 0 bridgehead atoms. The van der Waals surface area contributed by atoms with Gasteiger partial charge in [0.1, 0.15) is 6.04 Å². The highest BCUT2D eigenvalue weighted by molar-refractivity contribution is 5.82. The van der Waals surface area contributed by atoms with E-state index in [-0.39, 0.29) is 18.0 Å². The van der Waals surface area contributed by atoms with E-state index in [4.69, 9.17) is 0 Å². The Kier molecular flexibility index (Phi) is 4.69. The van der Waals surface area contributed by atoms with E-state index < -0.39 is 0 Å². The van der Waals surface area contributed by atoms with Crippen molar-refractivity contribution in [2.24, 2.45) is 0 Å². The van der Waals surface area contributed by atoms with Crippen LogP contribution in [-0.4, -0.2) is 39.5 Å². The summed E-state index contributed by atoms with van der Waals surface area (Å²) in [5.74, 6) is 0.0861. The number of pyridine rings is 1. The summed E-state index contributed by atoms with van der Waals surface area (Å²) in [6.45, 7) is 1.35. The molecule has 0 saturated carbocycles. The molecule has 2 N–H and O–H groups in total. The molecule has 1 aromatic carbocycles. The molecule has 1 aliphatic rings. The van der Waals surface area contributed by atoms with Gasteiger partial charge in [-0.3, -0.25) is 15.2 Å². The average Bonchev–Trinajstić information content (AvgIpc) is 3.30. The standard InChI is InChI=1S/C20H23N5O/c1-24(13-16-7-4-5-10-21-16)20(26)18-12-17(22-23-18)14-25-11-9-15-6-2-3-8-19(15)25/h2-11,17-18,22-23H,12-14H2,1H3. The number of nitrogens with zero attached hydrogens (tertiary/aromatic N) is 3. The van der Waals surface area contributed by atoms with Gasteiger partial charge in [-0.05, 0) is 36.1 Å². The molecule has 134 valence electrons. The van der Waals surface area contributed by atoms with Gasteiger partial charge in [0.2, 0.25) is 5.91 Å². The van der Waals surface area contributed by atoms with Crippen LogP contribution in [0.2, 0.25) is 0 Å². The fraction of sp³-hybridized carbons (Fsp3) is 0.300. The highest BCUT2D eigenvalue weighted by Gasteiger charge is 2.31. The maximum atomic E-state index is 12.7. The van der Waals surface area contributed by atoms with Crippen LogP contribution in [0.15, 0.2) is 60.9 Å². The van der Waals surface area contributed by atoms with Crippen LogP contribution in [0.4, 0.5) is 0 Å². The molecule has 1 fully saturated rings. The summed E-state index contributed by atoms with van der Waals surface area (Å²) in [5, 5.41) is 1.24. The lowest BCUT2D eigenvalue weighted by Gasteiger charge is -2.20. The van der Waals surface area contributed by atoms with Crippen molar-refractivity contribution in [3.8, 4) is 0 Å². The predicted molar refractivity (Wildman–Crippen MR) is 101 cm³/mol. The first-order valence-corrected chi connectivity index (χ1v) is 8.90. The summed E-state index contributed by atoms with van der Waals surface area (Å²) in [7, 11) is 1.82. The van der Waals surface area contributed by atoms with Gasteiger partial charge in [-0.15, -0.1) is 0 Å². The van der Waals surface area contributed by atoms with Gasteiger partial charge in [-0.2, -0.15) is 0 Å². The molecule has 6 heteroatoms. The predicted octanol–water partition coefficient (Wildman–Crippen LogP) is 1.93. The number of amides is 1. The van der Waals surface area contributed by atoms with E-state index in [1.807, 2.05) is 31.3 Å². The number of rotatable bonds is 5. The molecule has 3 aromatic rings. The third-order valence-corrected chi connectivity index (χ3v) is 4.88. The number of carbonyl (C=O) groups excluding carboxylic acids is 1. The van der Waals surface area contributed by atoms with Crippen molar-refractivity contribution >= 4 is 16.8 Å². The van der Waals surface area contributed by atoms with Crippen LogP contribution in [-0.2, 0) is 17.9 Å². The Labute approximate surface area is 152 Å². The zero-order valence-corrected chi connectivity index (χ0v) is 14.8. The van der Waals surface area contributed by atoms with Crippen LogP contribution in [0.1, 0.15) is 12.1 Å². The molecule has 2 aromatic heterocycles. The van der Waals surface area contributed by atoms with Gasteiger partial charge in [0, 0.05) is 37.5 Å². The third-order valence-electron chi connectivity index (χ3n) is 4.88. The van der Waals surface area contributed by atoms with Crippen LogP contribution in [0.3, 0.4) is 0 Å². The fourth-order valence-electron chi connectivity index (χ4n) is 3.52. The van der Waals surface area contributed by atoms with Gasteiger partial charge in [0.05, 0.1) is 12.2 Å². The van der Waals surface area contributed by atoms with Crippen LogP contribution >= 0.6 is 0 Å². The molecule has 4 rings (SSSR count). The minimum absolute atomic E-state index is 0.0861. The second kappa shape index (κ2) is 7.27. The Morgan fingerprint density at radius 3 is 2.88 bits per heavy atom. The smallest absolute Gasteiger partial charge is 0.241 e. The Balaban J connectivity index is 1.36. The minimum atomic E-state index is -0.212. The van der Waals surface area contributed by atoms with Crippen molar-refractivity contribution in [1.29, 1.82) is 0 Å². The number of aromatic nitrogens is 2. The molecular formula is C20H23N5O. The SMILES string of the molecule is CN(Cc1ccccn1)C(=O)C1CC(Cn2ccc3ccccc32)NN1. The first-order chi connectivity index (χ1) is 12.7. The second-order valence-electron chi connectivity index (χ2n) is 6.82. The van der Waals surface area contributed by atoms with E-state index in [9.17, 15) is 4.79 Å². The quantitative estimate of drug-likeness (QED) is 0.739. The molecule has 2 atom stereocenters. The number of carbonyl (C=O) groups is 1. The van der Waals surface area contributed by atoms with E-state index >= 15 is 0 Å². The Morgan fingerprint density at radius 1 is 1.19 bits per heavy atom. The Bertz CT molecular complexity index is 891. The minimum Gasteiger partial charge on any atom is -0.346 e. The lowest BCUT2D eigenvalue weighted by molar-refractivity contribution is -0.132. The van der Waals surface area contributed by atoms with Crippen molar-refractivity contribution in [3.05, 3.63) is 66.6 Å². The number of likely N-dealkylation sites (N-methyl/N-ethyl adjacent to an activating group) is 1. The van der Waals surface area contributed by atoms with Crippen molar-refractivity contribution in [3.63, 3.8) is 0 Å². The molecule has 26 heavy (non-hydrogen) atoms. The summed E-state index contributed by atoms with van der Waals surface area (Å²) in [5.41, 5.74) is 8.55. The molecule has 0 radical (unpaired) electrons. The van der Waals surface area contributed by atoms with E-state index in [1.165, 1.54) is 10.9 Å². The Hall–Kier alpha value is -2.70. The normalized spacial score (nSPS) is 19.7. The van der Waals surface area contributed by atoms with E-state index in [0.29, 0.717) is 6.54 Å². The van der Waals surface area contributed by atoms with Crippen LogP contribution in [0, 0.1) is 0 Å². The van der Waals surface area contributed by atoms with E-state index in [0.717, 1.165) is 18.7 Å². The summed E-state index contributed by atoms with van der Waals surface area (Å²) in [6, 6.07) is 16.2. The van der Waals surface area contributed by atoms with Gasteiger partial charge in [0.25, 0.3) is 0 Å². The number of benzene rings is 1. The number of hydrogen-bond acceptors (Lipinski definition) is 4. The zero-order chi connectivity index (χ0) is 17.9. The number of hydrazine groups is 1. The maximum absolute atomic E-state index is 12.7. The zero-order valence-electron chi connectivity index (χ0n) is 14.8. The highest BCUT2D eigenvalue weighted by Crippen LogP contribution is 2.18. The summed E-state index contributed by atoms with van der Waals surface area (Å²) in [4.78, 5) is 18.7. The van der Waals surface area contributed by atoms with Crippen molar-refractivity contribution in [2.75, 3.05) is 7.05 Å². The van der Waals surface area contributed by atoms with Gasteiger partial charge in [-0.25, -0.2) is 5.43 Å². The topological polar surface area (TPSA) is 62.2 Å². The number of nitrogens with one attached hydrogen (secondary N) is 2.